The first-order valence-electron chi connectivity index (χ1n) is 9.86. The first-order valence-corrected chi connectivity index (χ1v) is 11.5. The molecule has 0 N–H and O–H groups in total. The quantitative estimate of drug-likeness (QED) is 0.390. The lowest BCUT2D eigenvalue weighted by molar-refractivity contribution is 0.0183. The van der Waals surface area contributed by atoms with Crippen LogP contribution in [-0.2, 0) is 16.1 Å². The van der Waals surface area contributed by atoms with Crippen LogP contribution in [0.1, 0.15) is 4.88 Å². The fourth-order valence-electron chi connectivity index (χ4n) is 3.77. The zero-order valence-corrected chi connectivity index (χ0v) is 17.7. The number of nitrogens with zero attached hydrogens (tertiary/aromatic N) is 1. The van der Waals surface area contributed by atoms with E-state index in [4.69, 9.17) is 9.47 Å². The third-order valence-corrected chi connectivity index (χ3v) is 7.56. The average molecular weight is 428 g/mol. The molecular formula is C23H22FNO2S2. The fourth-order valence-corrected chi connectivity index (χ4v) is 6.05. The minimum atomic E-state index is -0.196. The number of hydrogen-bond acceptors (Lipinski definition) is 5. The number of benzene rings is 2. The second-order valence-corrected chi connectivity index (χ2v) is 9.42. The highest BCUT2D eigenvalue weighted by atomic mass is 32.2. The molecule has 6 heteroatoms. The van der Waals surface area contributed by atoms with Crippen molar-refractivity contribution < 1.29 is 13.9 Å². The van der Waals surface area contributed by atoms with E-state index < -0.39 is 0 Å². The monoisotopic (exact) mass is 427 g/mol. The Morgan fingerprint density at radius 1 is 0.966 bits per heavy atom. The van der Waals surface area contributed by atoms with Crippen molar-refractivity contribution in [3.8, 4) is 21.6 Å². The van der Waals surface area contributed by atoms with Crippen LogP contribution in [0.3, 0.4) is 0 Å². The van der Waals surface area contributed by atoms with Gasteiger partial charge in [-0.2, -0.15) is 0 Å². The maximum Gasteiger partial charge on any atom is 0.123 e. The maximum atomic E-state index is 14.0. The van der Waals surface area contributed by atoms with E-state index in [1.807, 2.05) is 6.07 Å². The molecule has 2 aliphatic heterocycles. The fraction of sp³-hybridized carbons (Fsp3) is 0.304. The van der Waals surface area contributed by atoms with Gasteiger partial charge in [-0.3, -0.25) is 4.90 Å². The number of fused-ring (bicyclic) bond motifs is 5. The van der Waals surface area contributed by atoms with Crippen molar-refractivity contribution in [1.82, 2.24) is 4.90 Å². The zero-order chi connectivity index (χ0) is 19.6. The summed E-state index contributed by atoms with van der Waals surface area (Å²) in [5.41, 5.74) is 3.36. The van der Waals surface area contributed by atoms with Gasteiger partial charge in [0.2, 0.25) is 0 Å². The van der Waals surface area contributed by atoms with E-state index in [2.05, 4.69) is 35.2 Å². The Balaban J connectivity index is 1.39. The predicted octanol–water partition coefficient (Wildman–Crippen LogP) is 5.53. The van der Waals surface area contributed by atoms with Gasteiger partial charge < -0.3 is 9.47 Å². The van der Waals surface area contributed by atoms with Gasteiger partial charge in [0.05, 0.1) is 26.4 Å². The van der Waals surface area contributed by atoms with Crippen LogP contribution >= 0.6 is 23.1 Å². The van der Waals surface area contributed by atoms with Gasteiger partial charge in [-0.1, -0.05) is 30.0 Å². The van der Waals surface area contributed by atoms with E-state index in [1.54, 1.807) is 35.2 Å². The summed E-state index contributed by atoms with van der Waals surface area (Å²) in [6.07, 6.45) is 0. The van der Waals surface area contributed by atoms with Crippen molar-refractivity contribution in [2.24, 2.45) is 0 Å². The SMILES string of the molecule is Fc1ccc2c(c1)-c1sc(COCCN3CCOCC3)cc1-c1ccccc1S2. The summed E-state index contributed by atoms with van der Waals surface area (Å²) in [5.74, 6) is -0.196. The largest absolute Gasteiger partial charge is 0.379 e. The Hall–Kier alpha value is -1.70. The Morgan fingerprint density at radius 3 is 2.69 bits per heavy atom. The Kier molecular flexibility index (Phi) is 5.70. The minimum absolute atomic E-state index is 0.196. The van der Waals surface area contributed by atoms with Gasteiger partial charge in [0.1, 0.15) is 5.82 Å². The van der Waals surface area contributed by atoms with E-state index in [0.29, 0.717) is 13.2 Å². The molecule has 1 aromatic heterocycles. The molecule has 29 heavy (non-hydrogen) atoms. The van der Waals surface area contributed by atoms with E-state index in [0.717, 1.165) is 48.2 Å². The lowest BCUT2D eigenvalue weighted by Gasteiger charge is -2.26. The van der Waals surface area contributed by atoms with Crippen molar-refractivity contribution in [3.63, 3.8) is 0 Å². The molecule has 0 saturated carbocycles. The number of hydrogen-bond donors (Lipinski definition) is 0. The highest BCUT2D eigenvalue weighted by Crippen LogP contribution is 2.51. The number of morpholine rings is 1. The number of rotatable bonds is 5. The standard InChI is InChI=1S/C23H22FNO2S2/c24-16-5-6-22-20(13-16)23-19(18-3-1-2-4-21(18)29-22)14-17(28-23)15-27-12-9-25-7-10-26-11-8-25/h1-6,13-14H,7-12,15H2. The molecule has 0 amide bonds. The van der Waals surface area contributed by atoms with Gasteiger partial charge in [0.15, 0.2) is 0 Å². The van der Waals surface area contributed by atoms with Crippen LogP contribution in [0.15, 0.2) is 58.3 Å². The minimum Gasteiger partial charge on any atom is -0.379 e. The summed E-state index contributed by atoms with van der Waals surface area (Å²) in [6.45, 7) is 5.81. The molecule has 0 unspecified atom stereocenters. The predicted molar refractivity (Wildman–Crippen MR) is 116 cm³/mol. The average Bonchev–Trinajstić information content (AvgIpc) is 3.12. The molecule has 0 bridgehead atoms. The molecule has 1 saturated heterocycles. The highest BCUT2D eigenvalue weighted by molar-refractivity contribution is 7.99. The molecule has 150 valence electrons. The molecule has 3 heterocycles. The molecule has 1 fully saturated rings. The molecule has 2 aromatic carbocycles. The van der Waals surface area contributed by atoms with Crippen LogP contribution in [0, 0.1) is 5.82 Å². The first kappa shape index (κ1) is 19.3. The van der Waals surface area contributed by atoms with Gasteiger partial charge in [-0.15, -0.1) is 11.3 Å². The lowest BCUT2D eigenvalue weighted by Crippen LogP contribution is -2.38. The van der Waals surface area contributed by atoms with Crippen molar-refractivity contribution in [2.75, 3.05) is 39.5 Å². The third-order valence-electron chi connectivity index (χ3n) is 5.27. The van der Waals surface area contributed by atoms with Crippen molar-refractivity contribution >= 4 is 23.1 Å². The van der Waals surface area contributed by atoms with E-state index in [-0.39, 0.29) is 5.82 Å². The first-order chi connectivity index (χ1) is 14.3. The van der Waals surface area contributed by atoms with Crippen LogP contribution < -0.4 is 0 Å². The molecule has 0 atom stereocenters. The summed E-state index contributed by atoms with van der Waals surface area (Å²) in [6, 6.07) is 15.7. The van der Waals surface area contributed by atoms with Gasteiger partial charge >= 0.3 is 0 Å². The van der Waals surface area contributed by atoms with Crippen molar-refractivity contribution in [2.45, 2.75) is 16.4 Å². The summed E-state index contributed by atoms with van der Waals surface area (Å²) < 4.78 is 25.4. The Labute approximate surface area is 178 Å². The van der Waals surface area contributed by atoms with Gasteiger partial charge in [0.25, 0.3) is 0 Å². The summed E-state index contributed by atoms with van der Waals surface area (Å²) in [7, 11) is 0. The van der Waals surface area contributed by atoms with Crippen LogP contribution in [0.25, 0.3) is 21.6 Å². The summed E-state index contributed by atoms with van der Waals surface area (Å²) >= 11 is 3.42. The van der Waals surface area contributed by atoms with Crippen LogP contribution in [0.5, 0.6) is 0 Å². The van der Waals surface area contributed by atoms with Gasteiger partial charge in [0, 0.05) is 50.3 Å². The molecule has 0 radical (unpaired) electrons. The zero-order valence-electron chi connectivity index (χ0n) is 16.0. The number of thiophene rings is 1. The summed E-state index contributed by atoms with van der Waals surface area (Å²) in [4.78, 5) is 6.98. The smallest absolute Gasteiger partial charge is 0.123 e. The second kappa shape index (κ2) is 8.58. The van der Waals surface area contributed by atoms with Crippen molar-refractivity contribution in [1.29, 1.82) is 0 Å². The molecule has 5 rings (SSSR count). The Bertz CT molecular complexity index is 1010. The normalized spacial score (nSPS) is 16.0. The topological polar surface area (TPSA) is 21.7 Å². The highest BCUT2D eigenvalue weighted by Gasteiger charge is 2.23. The molecule has 2 aliphatic rings. The second-order valence-electron chi connectivity index (χ2n) is 7.20. The summed E-state index contributed by atoms with van der Waals surface area (Å²) in [5, 5.41) is 0. The molecule has 0 spiro atoms. The van der Waals surface area contributed by atoms with Gasteiger partial charge in [-0.25, -0.2) is 4.39 Å². The van der Waals surface area contributed by atoms with Crippen LogP contribution in [0.2, 0.25) is 0 Å². The molecule has 3 nitrogen and oxygen atoms in total. The third kappa shape index (κ3) is 4.13. The lowest BCUT2D eigenvalue weighted by atomic mass is 10.0. The molecule has 3 aromatic rings. The Morgan fingerprint density at radius 2 is 1.79 bits per heavy atom. The van der Waals surface area contributed by atoms with Crippen LogP contribution in [-0.4, -0.2) is 44.4 Å². The van der Waals surface area contributed by atoms with Crippen molar-refractivity contribution in [3.05, 3.63) is 59.2 Å². The number of halogens is 1. The maximum absolute atomic E-state index is 14.0. The molecular weight excluding hydrogens is 405 g/mol. The number of ether oxygens (including phenoxy) is 2. The molecule has 0 aliphatic carbocycles. The van der Waals surface area contributed by atoms with E-state index >= 15 is 0 Å². The van der Waals surface area contributed by atoms with E-state index in [1.165, 1.54) is 20.9 Å². The van der Waals surface area contributed by atoms with Gasteiger partial charge in [-0.05, 0) is 35.9 Å². The van der Waals surface area contributed by atoms with E-state index in [9.17, 15) is 4.39 Å². The van der Waals surface area contributed by atoms with Crippen LogP contribution in [0.4, 0.5) is 4.39 Å².